The molecule has 1 aliphatic carbocycles. The Kier molecular flexibility index (Phi) is 4.38. The molecule has 1 aliphatic heterocycles. The standard InChI is InChI=1S/C16H32N2/c1-4-14-8-7-9-16(14,12-17)18-11-10-15(5-2,6-3)13-18/h14H,4-13,17H2,1-3H3. The molecule has 2 atom stereocenters. The number of hydrogen-bond donors (Lipinski definition) is 1. The summed E-state index contributed by atoms with van der Waals surface area (Å²) in [6.45, 7) is 10.5. The maximum atomic E-state index is 6.24. The number of nitrogens with two attached hydrogens (primary N) is 1. The Morgan fingerprint density at radius 3 is 2.39 bits per heavy atom. The molecule has 0 bridgehead atoms. The van der Waals surface area contributed by atoms with Crippen molar-refractivity contribution in [2.45, 2.75) is 71.3 Å². The number of hydrogen-bond acceptors (Lipinski definition) is 2. The van der Waals surface area contributed by atoms with Gasteiger partial charge in [0.05, 0.1) is 0 Å². The van der Waals surface area contributed by atoms with Crippen LogP contribution < -0.4 is 5.73 Å². The fraction of sp³-hybridized carbons (Fsp3) is 1.00. The first-order valence-electron chi connectivity index (χ1n) is 8.11. The maximum absolute atomic E-state index is 6.24. The van der Waals surface area contributed by atoms with Gasteiger partial charge in [-0.1, -0.05) is 33.6 Å². The van der Waals surface area contributed by atoms with Crippen molar-refractivity contribution in [1.82, 2.24) is 4.90 Å². The van der Waals surface area contributed by atoms with Gasteiger partial charge in [-0.3, -0.25) is 4.90 Å². The molecule has 0 radical (unpaired) electrons. The molecule has 0 aromatic heterocycles. The van der Waals surface area contributed by atoms with Crippen LogP contribution in [0.2, 0.25) is 0 Å². The van der Waals surface area contributed by atoms with Crippen molar-refractivity contribution in [3.8, 4) is 0 Å². The van der Waals surface area contributed by atoms with Crippen LogP contribution in [0.4, 0.5) is 0 Å². The van der Waals surface area contributed by atoms with Crippen molar-refractivity contribution in [3.05, 3.63) is 0 Å². The third-order valence-corrected chi connectivity index (χ3v) is 6.34. The second-order valence-electron chi connectivity index (χ2n) is 6.68. The van der Waals surface area contributed by atoms with Crippen LogP contribution in [0.1, 0.15) is 65.7 Å². The lowest BCUT2D eigenvalue weighted by molar-refractivity contribution is 0.0648. The number of likely N-dealkylation sites (tertiary alicyclic amines) is 1. The van der Waals surface area contributed by atoms with E-state index in [2.05, 4.69) is 25.7 Å². The summed E-state index contributed by atoms with van der Waals surface area (Å²) < 4.78 is 0. The van der Waals surface area contributed by atoms with Crippen LogP contribution in [0.15, 0.2) is 0 Å². The average molecular weight is 252 g/mol. The van der Waals surface area contributed by atoms with E-state index in [0.29, 0.717) is 11.0 Å². The molecular weight excluding hydrogens is 220 g/mol. The van der Waals surface area contributed by atoms with Crippen molar-refractivity contribution in [3.63, 3.8) is 0 Å². The highest BCUT2D eigenvalue weighted by molar-refractivity contribution is 5.05. The summed E-state index contributed by atoms with van der Waals surface area (Å²) in [5.74, 6) is 0.840. The van der Waals surface area contributed by atoms with Gasteiger partial charge in [-0.05, 0) is 50.0 Å². The van der Waals surface area contributed by atoms with Crippen LogP contribution in [0.25, 0.3) is 0 Å². The van der Waals surface area contributed by atoms with Gasteiger partial charge < -0.3 is 5.73 Å². The minimum Gasteiger partial charge on any atom is -0.329 e. The van der Waals surface area contributed by atoms with Crippen molar-refractivity contribution >= 4 is 0 Å². The Hall–Kier alpha value is -0.0800. The van der Waals surface area contributed by atoms with Crippen LogP contribution in [0.3, 0.4) is 0 Å². The zero-order chi connectivity index (χ0) is 13.2. The highest BCUT2D eigenvalue weighted by Crippen LogP contribution is 2.47. The minimum atomic E-state index is 0.348. The monoisotopic (exact) mass is 252 g/mol. The molecule has 2 aliphatic rings. The van der Waals surface area contributed by atoms with Crippen molar-refractivity contribution in [2.24, 2.45) is 17.1 Å². The van der Waals surface area contributed by atoms with E-state index in [-0.39, 0.29) is 0 Å². The Labute approximate surface area is 113 Å². The molecule has 2 N–H and O–H groups in total. The molecule has 2 unspecified atom stereocenters. The normalized spacial score (nSPS) is 36.3. The van der Waals surface area contributed by atoms with Gasteiger partial charge in [0.1, 0.15) is 0 Å². The molecule has 1 saturated heterocycles. The first-order valence-corrected chi connectivity index (χ1v) is 8.11. The van der Waals surface area contributed by atoms with E-state index in [9.17, 15) is 0 Å². The highest BCUT2D eigenvalue weighted by Gasteiger charge is 2.49. The predicted molar refractivity (Wildman–Crippen MR) is 78.6 cm³/mol. The van der Waals surface area contributed by atoms with Gasteiger partial charge in [0, 0.05) is 18.6 Å². The predicted octanol–water partition coefficient (Wildman–Crippen LogP) is 3.41. The van der Waals surface area contributed by atoms with Gasteiger partial charge in [-0.2, -0.15) is 0 Å². The van der Waals surface area contributed by atoms with Gasteiger partial charge in [-0.25, -0.2) is 0 Å². The molecule has 2 fully saturated rings. The second-order valence-corrected chi connectivity index (χ2v) is 6.68. The van der Waals surface area contributed by atoms with Crippen LogP contribution >= 0.6 is 0 Å². The van der Waals surface area contributed by atoms with Crippen LogP contribution in [-0.2, 0) is 0 Å². The fourth-order valence-corrected chi connectivity index (χ4v) is 4.67. The van der Waals surface area contributed by atoms with E-state index in [1.165, 1.54) is 58.0 Å². The number of nitrogens with zero attached hydrogens (tertiary/aromatic N) is 1. The lowest BCUT2D eigenvalue weighted by atomic mass is 9.80. The summed E-state index contributed by atoms with van der Waals surface area (Å²) in [4.78, 5) is 2.79. The van der Waals surface area contributed by atoms with Gasteiger partial charge in [0.2, 0.25) is 0 Å². The Bertz CT molecular complexity index is 272. The lowest BCUT2D eigenvalue weighted by Gasteiger charge is -2.44. The SMILES string of the molecule is CCC1CCCC1(CN)N1CCC(CC)(CC)C1. The van der Waals surface area contributed by atoms with Gasteiger partial charge in [0.25, 0.3) is 0 Å². The molecule has 0 spiro atoms. The van der Waals surface area contributed by atoms with Crippen LogP contribution in [-0.4, -0.2) is 30.1 Å². The molecule has 0 amide bonds. The molecule has 106 valence electrons. The Balaban J connectivity index is 2.15. The topological polar surface area (TPSA) is 29.3 Å². The Morgan fingerprint density at radius 1 is 1.17 bits per heavy atom. The second kappa shape index (κ2) is 5.50. The van der Waals surface area contributed by atoms with Gasteiger partial charge >= 0.3 is 0 Å². The summed E-state index contributed by atoms with van der Waals surface area (Å²) in [5, 5.41) is 0. The van der Waals surface area contributed by atoms with Crippen LogP contribution in [0, 0.1) is 11.3 Å². The quantitative estimate of drug-likeness (QED) is 0.812. The molecule has 2 heteroatoms. The minimum absolute atomic E-state index is 0.348. The molecule has 1 heterocycles. The van der Waals surface area contributed by atoms with Crippen molar-refractivity contribution in [1.29, 1.82) is 0 Å². The van der Waals surface area contributed by atoms with E-state index in [1.807, 2.05) is 0 Å². The molecule has 2 nitrogen and oxygen atoms in total. The molecule has 2 rings (SSSR count). The van der Waals surface area contributed by atoms with E-state index >= 15 is 0 Å². The van der Waals surface area contributed by atoms with Crippen molar-refractivity contribution < 1.29 is 0 Å². The van der Waals surface area contributed by atoms with E-state index in [4.69, 9.17) is 5.73 Å². The molecule has 1 saturated carbocycles. The molecule has 0 aromatic carbocycles. The average Bonchev–Trinajstić information content (AvgIpc) is 3.03. The fourth-order valence-electron chi connectivity index (χ4n) is 4.67. The maximum Gasteiger partial charge on any atom is 0.0359 e. The smallest absolute Gasteiger partial charge is 0.0359 e. The third kappa shape index (κ3) is 2.12. The summed E-state index contributed by atoms with van der Waals surface area (Å²) in [5.41, 5.74) is 7.18. The lowest BCUT2D eigenvalue weighted by Crippen LogP contribution is -2.55. The summed E-state index contributed by atoms with van der Waals surface area (Å²) in [6, 6.07) is 0. The van der Waals surface area contributed by atoms with Crippen molar-refractivity contribution in [2.75, 3.05) is 19.6 Å². The van der Waals surface area contributed by atoms with Crippen LogP contribution in [0.5, 0.6) is 0 Å². The highest BCUT2D eigenvalue weighted by atomic mass is 15.2. The van der Waals surface area contributed by atoms with Gasteiger partial charge in [-0.15, -0.1) is 0 Å². The summed E-state index contributed by atoms with van der Waals surface area (Å²) in [6.07, 6.45) is 9.48. The molecule has 0 aromatic rings. The van der Waals surface area contributed by atoms with E-state index in [1.54, 1.807) is 0 Å². The first-order chi connectivity index (χ1) is 8.66. The van der Waals surface area contributed by atoms with E-state index in [0.717, 1.165) is 12.5 Å². The zero-order valence-electron chi connectivity index (χ0n) is 12.7. The first kappa shape index (κ1) is 14.3. The largest absolute Gasteiger partial charge is 0.329 e. The Morgan fingerprint density at radius 2 is 1.89 bits per heavy atom. The summed E-state index contributed by atoms with van der Waals surface area (Å²) >= 11 is 0. The summed E-state index contributed by atoms with van der Waals surface area (Å²) in [7, 11) is 0. The molecular formula is C16H32N2. The van der Waals surface area contributed by atoms with E-state index < -0.39 is 0 Å². The third-order valence-electron chi connectivity index (χ3n) is 6.34. The number of rotatable bonds is 5. The zero-order valence-corrected chi connectivity index (χ0v) is 12.7. The molecule has 18 heavy (non-hydrogen) atoms. The van der Waals surface area contributed by atoms with Gasteiger partial charge in [0.15, 0.2) is 0 Å².